The van der Waals surface area contributed by atoms with Crippen LogP contribution in [0.15, 0.2) is 42.5 Å². The lowest BCUT2D eigenvalue weighted by Gasteiger charge is -2.13. The van der Waals surface area contributed by atoms with Gasteiger partial charge in [-0.3, -0.25) is 4.79 Å². The Labute approximate surface area is 159 Å². The molecule has 0 aliphatic carbocycles. The summed E-state index contributed by atoms with van der Waals surface area (Å²) in [7, 11) is 1.52. The molecule has 5 nitrogen and oxygen atoms in total. The van der Waals surface area contributed by atoms with Crippen molar-refractivity contribution in [2.24, 2.45) is 0 Å². The Morgan fingerprint density at radius 2 is 2.00 bits per heavy atom. The lowest BCUT2D eigenvalue weighted by atomic mass is 10.1. The molecule has 0 bridgehead atoms. The fourth-order valence-corrected chi connectivity index (χ4v) is 2.89. The van der Waals surface area contributed by atoms with Gasteiger partial charge in [0.05, 0.1) is 12.8 Å². The first-order valence-electron chi connectivity index (χ1n) is 8.46. The van der Waals surface area contributed by atoms with Gasteiger partial charge in [0.2, 0.25) is 5.91 Å². The van der Waals surface area contributed by atoms with Crippen molar-refractivity contribution >= 4 is 17.7 Å². The van der Waals surface area contributed by atoms with Gasteiger partial charge in [-0.2, -0.15) is 0 Å². The number of anilines is 1. The van der Waals surface area contributed by atoms with Crippen LogP contribution in [0.25, 0.3) is 6.08 Å². The number of hydrogen-bond acceptors (Lipinski definition) is 4. The highest BCUT2D eigenvalue weighted by Crippen LogP contribution is 2.35. The first-order valence-corrected chi connectivity index (χ1v) is 8.46. The summed E-state index contributed by atoms with van der Waals surface area (Å²) >= 11 is 0. The predicted octanol–water partition coefficient (Wildman–Crippen LogP) is 4.57. The second kappa shape index (κ2) is 7.84. The zero-order valence-corrected chi connectivity index (χ0v) is 15.2. The zero-order chi connectivity index (χ0) is 20.3. The fourth-order valence-electron chi connectivity index (χ4n) is 2.89. The molecule has 1 aliphatic rings. The molecular weight excluding hydrogens is 375 g/mol. The second-order valence-electron chi connectivity index (χ2n) is 6.20. The van der Waals surface area contributed by atoms with Crippen LogP contribution in [0.5, 0.6) is 17.2 Å². The number of methoxy groups -OCH3 is 1. The van der Waals surface area contributed by atoms with Gasteiger partial charge in [0.25, 0.3) is 0 Å². The van der Waals surface area contributed by atoms with Crippen LogP contribution in [-0.2, 0) is 11.2 Å². The number of para-hydroxylation sites is 2. The molecular formula is C20H18F3NO4. The van der Waals surface area contributed by atoms with Gasteiger partial charge in [0.1, 0.15) is 17.6 Å². The van der Waals surface area contributed by atoms with Crippen LogP contribution in [-0.4, -0.2) is 25.5 Å². The van der Waals surface area contributed by atoms with Crippen molar-refractivity contribution in [3.05, 3.63) is 53.6 Å². The van der Waals surface area contributed by atoms with E-state index < -0.39 is 18.0 Å². The largest absolute Gasteiger partial charge is 0.573 e. The van der Waals surface area contributed by atoms with Gasteiger partial charge in [-0.05, 0) is 37.3 Å². The van der Waals surface area contributed by atoms with E-state index in [1.54, 1.807) is 6.07 Å². The average molecular weight is 393 g/mol. The van der Waals surface area contributed by atoms with Gasteiger partial charge in [0.15, 0.2) is 5.75 Å². The van der Waals surface area contributed by atoms with Gasteiger partial charge in [0, 0.05) is 23.6 Å². The van der Waals surface area contributed by atoms with Crippen LogP contribution in [0.1, 0.15) is 18.1 Å². The van der Waals surface area contributed by atoms with Crippen molar-refractivity contribution in [3.8, 4) is 17.2 Å². The van der Waals surface area contributed by atoms with Gasteiger partial charge in [-0.15, -0.1) is 13.2 Å². The van der Waals surface area contributed by atoms with Crippen LogP contribution in [0.2, 0.25) is 0 Å². The van der Waals surface area contributed by atoms with Crippen molar-refractivity contribution in [3.63, 3.8) is 0 Å². The summed E-state index contributed by atoms with van der Waals surface area (Å²) in [5.41, 5.74) is 1.54. The van der Waals surface area contributed by atoms with E-state index >= 15 is 0 Å². The van der Waals surface area contributed by atoms with E-state index in [-0.39, 0.29) is 11.8 Å². The number of benzene rings is 2. The minimum absolute atomic E-state index is 0.0624. The Morgan fingerprint density at radius 3 is 2.71 bits per heavy atom. The molecule has 1 amide bonds. The molecule has 0 saturated heterocycles. The summed E-state index contributed by atoms with van der Waals surface area (Å²) < 4.78 is 52.4. The molecule has 28 heavy (non-hydrogen) atoms. The van der Waals surface area contributed by atoms with E-state index in [2.05, 4.69) is 10.1 Å². The van der Waals surface area contributed by atoms with E-state index in [4.69, 9.17) is 9.47 Å². The fraction of sp³-hybridized carbons (Fsp3) is 0.250. The summed E-state index contributed by atoms with van der Waals surface area (Å²) in [6.45, 7) is 1.95. The first-order chi connectivity index (χ1) is 13.2. The second-order valence-corrected chi connectivity index (χ2v) is 6.20. The molecule has 0 radical (unpaired) electrons. The summed E-state index contributed by atoms with van der Waals surface area (Å²) in [4.78, 5) is 12.2. The van der Waals surface area contributed by atoms with Crippen molar-refractivity contribution in [2.45, 2.75) is 25.8 Å². The minimum atomic E-state index is -4.86. The molecule has 1 atom stereocenters. The SMILES string of the molecule is COc1cc2c(cc1C=CC(=O)Nc1ccccc1OC(F)(F)F)OC(C)C2. The molecule has 8 heteroatoms. The standard InChI is InChI=1S/C20H18F3NO4/c1-12-9-14-11-17(26-2)13(10-18(14)27-12)7-8-19(25)24-15-5-3-4-6-16(15)28-20(21,22)23/h3-8,10-12H,9H2,1-2H3,(H,24,25). The number of hydrogen-bond donors (Lipinski definition) is 1. The molecule has 2 aromatic rings. The molecule has 0 saturated carbocycles. The zero-order valence-electron chi connectivity index (χ0n) is 15.2. The predicted molar refractivity (Wildman–Crippen MR) is 97.6 cm³/mol. The minimum Gasteiger partial charge on any atom is -0.496 e. The number of rotatable bonds is 5. The summed E-state index contributed by atoms with van der Waals surface area (Å²) in [6, 6.07) is 8.92. The Kier molecular flexibility index (Phi) is 5.48. The number of ether oxygens (including phenoxy) is 3. The number of halogens is 3. The maximum absolute atomic E-state index is 12.5. The number of alkyl halides is 3. The lowest BCUT2D eigenvalue weighted by molar-refractivity contribution is -0.274. The number of carbonyl (C=O) groups is 1. The van der Waals surface area contributed by atoms with Gasteiger partial charge >= 0.3 is 6.36 Å². The van der Waals surface area contributed by atoms with Gasteiger partial charge in [-0.25, -0.2) is 0 Å². The number of nitrogens with one attached hydrogen (secondary N) is 1. The lowest BCUT2D eigenvalue weighted by Crippen LogP contribution is -2.19. The molecule has 1 N–H and O–H groups in total. The highest BCUT2D eigenvalue weighted by molar-refractivity contribution is 6.03. The summed E-state index contributed by atoms with van der Waals surface area (Å²) in [6.07, 6.45) is -1.31. The Morgan fingerprint density at radius 1 is 1.25 bits per heavy atom. The molecule has 148 valence electrons. The molecule has 0 spiro atoms. The maximum atomic E-state index is 12.5. The summed E-state index contributed by atoms with van der Waals surface area (Å²) in [5.74, 6) is 0.183. The third kappa shape index (κ3) is 4.76. The Hall–Kier alpha value is -3.16. The topological polar surface area (TPSA) is 56.8 Å². The third-order valence-corrected chi connectivity index (χ3v) is 4.03. The monoisotopic (exact) mass is 393 g/mol. The van der Waals surface area contributed by atoms with Crippen LogP contribution in [0.4, 0.5) is 18.9 Å². The Balaban J connectivity index is 1.76. The number of fused-ring (bicyclic) bond motifs is 1. The average Bonchev–Trinajstić information content (AvgIpc) is 2.98. The smallest absolute Gasteiger partial charge is 0.496 e. The van der Waals surface area contributed by atoms with E-state index in [0.717, 1.165) is 23.8 Å². The van der Waals surface area contributed by atoms with Crippen LogP contribution in [0, 0.1) is 0 Å². The molecule has 0 aromatic heterocycles. The van der Waals surface area contributed by atoms with E-state index in [1.165, 1.54) is 37.5 Å². The van der Waals surface area contributed by atoms with E-state index in [9.17, 15) is 18.0 Å². The van der Waals surface area contributed by atoms with Gasteiger partial charge in [-0.1, -0.05) is 12.1 Å². The molecule has 3 rings (SSSR count). The van der Waals surface area contributed by atoms with Crippen molar-refractivity contribution in [2.75, 3.05) is 12.4 Å². The molecule has 1 aliphatic heterocycles. The molecule has 0 fully saturated rings. The first kappa shape index (κ1) is 19.6. The summed E-state index contributed by atoms with van der Waals surface area (Å²) in [5, 5.41) is 2.38. The maximum Gasteiger partial charge on any atom is 0.573 e. The molecule has 1 heterocycles. The van der Waals surface area contributed by atoms with E-state index in [0.29, 0.717) is 11.3 Å². The van der Waals surface area contributed by atoms with E-state index in [1.807, 2.05) is 13.0 Å². The molecule has 1 unspecified atom stereocenters. The Bertz CT molecular complexity index is 909. The third-order valence-electron chi connectivity index (χ3n) is 4.03. The number of amides is 1. The van der Waals surface area contributed by atoms with Crippen LogP contribution < -0.4 is 19.5 Å². The number of carbonyl (C=O) groups excluding carboxylic acids is 1. The quantitative estimate of drug-likeness (QED) is 0.756. The van der Waals surface area contributed by atoms with Gasteiger partial charge < -0.3 is 19.5 Å². The highest BCUT2D eigenvalue weighted by Gasteiger charge is 2.32. The van der Waals surface area contributed by atoms with Crippen LogP contribution >= 0.6 is 0 Å². The normalized spacial score (nSPS) is 15.8. The van der Waals surface area contributed by atoms with Crippen molar-refractivity contribution in [1.29, 1.82) is 0 Å². The highest BCUT2D eigenvalue weighted by atomic mass is 19.4. The van der Waals surface area contributed by atoms with Crippen molar-refractivity contribution < 1.29 is 32.2 Å². The molecule has 2 aromatic carbocycles. The van der Waals surface area contributed by atoms with Crippen molar-refractivity contribution in [1.82, 2.24) is 0 Å². The van der Waals surface area contributed by atoms with Crippen LogP contribution in [0.3, 0.4) is 0 Å².